The molecule has 0 radical (unpaired) electrons. The number of morpholine rings is 1. The minimum absolute atomic E-state index is 0.0102. The van der Waals surface area contributed by atoms with Crippen molar-refractivity contribution in [2.75, 3.05) is 36.2 Å². The lowest BCUT2D eigenvalue weighted by atomic mass is 9.82. The van der Waals surface area contributed by atoms with E-state index in [0.717, 1.165) is 53.6 Å². The lowest BCUT2D eigenvalue weighted by Gasteiger charge is -2.35. The first kappa shape index (κ1) is 19.4. The first-order valence-corrected chi connectivity index (χ1v) is 11.6. The quantitative estimate of drug-likeness (QED) is 0.691. The lowest BCUT2D eigenvalue weighted by Crippen LogP contribution is -2.44. The van der Waals surface area contributed by atoms with Gasteiger partial charge in [0.15, 0.2) is 11.5 Å². The first-order chi connectivity index (χ1) is 14.8. The number of hydrogen-bond acceptors (Lipinski definition) is 7. The van der Waals surface area contributed by atoms with Crippen LogP contribution < -0.4 is 4.90 Å². The summed E-state index contributed by atoms with van der Waals surface area (Å²) in [5, 5.41) is 22.6. The van der Waals surface area contributed by atoms with Crippen molar-refractivity contribution in [1.29, 1.82) is 5.26 Å². The van der Waals surface area contributed by atoms with Gasteiger partial charge in [-0.3, -0.25) is 5.10 Å². The Labute approximate surface area is 179 Å². The van der Waals surface area contributed by atoms with Crippen molar-refractivity contribution >= 4 is 28.6 Å². The minimum atomic E-state index is 0.0102. The maximum Gasteiger partial charge on any atom is 0.167 e. The molecule has 2 saturated heterocycles. The van der Waals surface area contributed by atoms with Crippen LogP contribution in [0.15, 0.2) is 24.5 Å². The molecule has 0 aliphatic carbocycles. The van der Waals surface area contributed by atoms with Crippen LogP contribution in [0.5, 0.6) is 0 Å². The summed E-state index contributed by atoms with van der Waals surface area (Å²) in [5.41, 5.74) is 1.99. The lowest BCUT2D eigenvalue weighted by molar-refractivity contribution is 0.0985. The molecular weight excluding hydrogens is 398 g/mol. The fraction of sp³-hybridized carbons (Fsp3) is 0.524. The summed E-state index contributed by atoms with van der Waals surface area (Å²) in [4.78, 5) is 7.34. The Bertz CT molecular complexity index is 1060. The molecule has 3 aromatic rings. The largest absolute Gasteiger partial charge is 0.377 e. The van der Waals surface area contributed by atoms with Gasteiger partial charge in [-0.05, 0) is 42.9 Å². The highest BCUT2D eigenvalue weighted by Crippen LogP contribution is 2.40. The second kappa shape index (κ2) is 8.28. The van der Waals surface area contributed by atoms with E-state index in [2.05, 4.69) is 39.3 Å². The maximum absolute atomic E-state index is 9.90. The maximum atomic E-state index is 9.90. The molecule has 2 unspecified atom stereocenters. The van der Waals surface area contributed by atoms with Gasteiger partial charge in [-0.1, -0.05) is 0 Å². The highest BCUT2D eigenvalue weighted by Gasteiger charge is 2.30. The van der Waals surface area contributed by atoms with Crippen molar-refractivity contribution in [2.24, 2.45) is 5.92 Å². The Morgan fingerprint density at radius 2 is 2.23 bits per heavy atom. The normalized spacial score (nSPS) is 25.2. The van der Waals surface area contributed by atoms with Gasteiger partial charge in [-0.2, -0.15) is 31.9 Å². The number of aromatic amines is 1. The zero-order valence-corrected chi connectivity index (χ0v) is 17.8. The van der Waals surface area contributed by atoms with Gasteiger partial charge in [-0.15, -0.1) is 0 Å². The Kier molecular flexibility index (Phi) is 5.35. The van der Waals surface area contributed by atoms with Crippen LogP contribution in [0.4, 0.5) is 5.82 Å². The van der Waals surface area contributed by atoms with Crippen LogP contribution in [0.2, 0.25) is 0 Å². The fourth-order valence-corrected chi connectivity index (χ4v) is 5.57. The van der Waals surface area contributed by atoms with Crippen molar-refractivity contribution in [3.63, 3.8) is 0 Å². The van der Waals surface area contributed by atoms with Crippen molar-refractivity contribution in [3.8, 4) is 11.9 Å². The average Bonchev–Trinajstić information content (AvgIpc) is 3.38. The summed E-state index contributed by atoms with van der Waals surface area (Å²) in [5.74, 6) is 4.03. The van der Waals surface area contributed by atoms with E-state index in [1.165, 1.54) is 5.56 Å². The molecule has 1 N–H and O–H groups in total. The molecule has 2 aliphatic heterocycles. The number of nitriles is 1. The number of nitrogens with zero attached hydrogens (tertiary/aromatic N) is 6. The Morgan fingerprint density at radius 3 is 3.03 bits per heavy atom. The Balaban J connectivity index is 1.69. The summed E-state index contributed by atoms with van der Waals surface area (Å²) in [7, 11) is 0. The van der Waals surface area contributed by atoms with Crippen LogP contribution in [0.3, 0.4) is 0 Å². The molecule has 0 spiro atoms. The zero-order valence-electron chi connectivity index (χ0n) is 17.0. The van der Waals surface area contributed by atoms with Gasteiger partial charge < -0.3 is 9.64 Å². The van der Waals surface area contributed by atoms with Crippen LogP contribution in [0.1, 0.15) is 31.2 Å². The van der Waals surface area contributed by atoms with Gasteiger partial charge in [0.05, 0.1) is 43.6 Å². The van der Waals surface area contributed by atoms with Crippen molar-refractivity contribution in [1.82, 2.24) is 25.0 Å². The van der Waals surface area contributed by atoms with Gasteiger partial charge in [-0.25, -0.2) is 4.98 Å². The molecule has 0 aromatic carbocycles. The number of rotatable bonds is 3. The molecule has 0 bridgehead atoms. The summed E-state index contributed by atoms with van der Waals surface area (Å²) < 4.78 is 7.45. The topological polar surface area (TPSA) is 95.6 Å². The average molecular weight is 424 g/mol. The molecule has 5 heterocycles. The molecule has 8 nitrogen and oxygen atoms in total. The van der Waals surface area contributed by atoms with Crippen LogP contribution in [0.25, 0.3) is 16.9 Å². The second-order valence-corrected chi connectivity index (χ2v) is 9.18. The van der Waals surface area contributed by atoms with Crippen molar-refractivity contribution < 1.29 is 4.74 Å². The second-order valence-electron chi connectivity index (χ2n) is 7.95. The van der Waals surface area contributed by atoms with Crippen LogP contribution in [-0.2, 0) is 4.74 Å². The molecule has 2 aliphatic rings. The van der Waals surface area contributed by atoms with Gasteiger partial charge in [0.1, 0.15) is 5.82 Å². The number of aromatic nitrogens is 5. The van der Waals surface area contributed by atoms with Crippen LogP contribution in [0, 0.1) is 17.2 Å². The Hall–Kier alpha value is -2.57. The number of thioether (sulfide) groups is 1. The SMILES string of the molecule is C[C@@H]1COCCN1c1cc(C2CCSCCC2C#N)c2cnn(-c3ccn[nH]3)c2n1. The molecule has 30 heavy (non-hydrogen) atoms. The highest BCUT2D eigenvalue weighted by molar-refractivity contribution is 7.99. The molecule has 9 heteroatoms. The van der Waals surface area contributed by atoms with Crippen molar-refractivity contribution in [3.05, 3.63) is 30.1 Å². The molecular formula is C21H25N7OS. The third kappa shape index (κ3) is 3.44. The summed E-state index contributed by atoms with van der Waals surface area (Å²) in [6.45, 7) is 4.35. The highest BCUT2D eigenvalue weighted by atomic mass is 32.2. The minimum Gasteiger partial charge on any atom is -0.377 e. The molecule has 156 valence electrons. The van der Waals surface area contributed by atoms with Crippen LogP contribution >= 0.6 is 11.8 Å². The predicted octanol–water partition coefficient (Wildman–Crippen LogP) is 3.12. The number of nitrogens with one attached hydrogen (secondary N) is 1. The van der Waals surface area contributed by atoms with E-state index in [-0.39, 0.29) is 17.9 Å². The number of hydrogen-bond donors (Lipinski definition) is 1. The molecule has 3 aromatic heterocycles. The van der Waals surface area contributed by atoms with Gasteiger partial charge in [0.2, 0.25) is 0 Å². The number of pyridine rings is 1. The summed E-state index contributed by atoms with van der Waals surface area (Å²) >= 11 is 1.95. The predicted molar refractivity (Wildman–Crippen MR) is 117 cm³/mol. The van der Waals surface area contributed by atoms with E-state index in [4.69, 9.17) is 9.72 Å². The summed E-state index contributed by atoms with van der Waals surface area (Å²) in [6.07, 6.45) is 5.52. The third-order valence-corrected chi connectivity index (χ3v) is 7.18. The van der Waals surface area contributed by atoms with E-state index in [9.17, 15) is 5.26 Å². The van der Waals surface area contributed by atoms with Gasteiger partial charge in [0.25, 0.3) is 0 Å². The first-order valence-electron chi connectivity index (χ1n) is 10.5. The molecule has 2 fully saturated rings. The van der Waals surface area contributed by atoms with E-state index < -0.39 is 0 Å². The molecule has 0 amide bonds. The zero-order chi connectivity index (χ0) is 20.5. The van der Waals surface area contributed by atoms with E-state index in [0.29, 0.717) is 13.2 Å². The van der Waals surface area contributed by atoms with Gasteiger partial charge >= 0.3 is 0 Å². The molecule has 5 rings (SSSR count). The number of fused-ring (bicyclic) bond motifs is 1. The smallest absolute Gasteiger partial charge is 0.167 e. The molecule has 3 atom stereocenters. The van der Waals surface area contributed by atoms with E-state index >= 15 is 0 Å². The standard InChI is InChI=1S/C21H25N7OS/c1-14-13-29-7-6-27(14)20-10-17(16-4-9-30-8-3-15(16)11-22)18-12-24-28(21(18)25-20)19-2-5-23-26-19/h2,5,10,12,14-16H,3-4,6-9,13H2,1H3,(H,23,26)/t14-,15?,16?/m1/s1. The third-order valence-electron chi connectivity index (χ3n) is 6.13. The monoisotopic (exact) mass is 423 g/mol. The number of ether oxygens (including phenoxy) is 1. The van der Waals surface area contributed by atoms with E-state index in [1.807, 2.05) is 28.7 Å². The number of H-pyrrole nitrogens is 1. The van der Waals surface area contributed by atoms with Crippen molar-refractivity contribution in [2.45, 2.75) is 31.7 Å². The Morgan fingerprint density at radius 1 is 1.33 bits per heavy atom. The number of anilines is 1. The fourth-order valence-electron chi connectivity index (χ4n) is 4.53. The van der Waals surface area contributed by atoms with Crippen LogP contribution in [-0.4, -0.2) is 62.3 Å². The van der Waals surface area contributed by atoms with E-state index in [1.54, 1.807) is 6.20 Å². The van der Waals surface area contributed by atoms with Gasteiger partial charge in [0, 0.05) is 23.9 Å². The summed E-state index contributed by atoms with van der Waals surface area (Å²) in [6, 6.07) is 6.92. The molecule has 0 saturated carbocycles.